The number of ether oxygens (including phenoxy) is 1. The van der Waals surface area contributed by atoms with Crippen molar-refractivity contribution < 1.29 is 9.13 Å². The molecule has 3 aromatic rings. The van der Waals surface area contributed by atoms with Crippen LogP contribution in [0.15, 0.2) is 42.6 Å². The van der Waals surface area contributed by atoms with E-state index in [0.717, 1.165) is 35.7 Å². The fourth-order valence-electron chi connectivity index (χ4n) is 2.30. The van der Waals surface area contributed by atoms with Crippen LogP contribution < -0.4 is 5.32 Å². The molecule has 0 spiro atoms. The summed E-state index contributed by atoms with van der Waals surface area (Å²) in [6.45, 7) is 1.17. The van der Waals surface area contributed by atoms with Gasteiger partial charge < -0.3 is 10.1 Å². The Hall–Kier alpha value is -2.47. The van der Waals surface area contributed by atoms with E-state index in [1.54, 1.807) is 30.0 Å². The zero-order valence-corrected chi connectivity index (χ0v) is 12.3. The Bertz CT molecular complexity index is 754. The third-order valence-electron chi connectivity index (χ3n) is 3.34. The molecule has 22 heavy (non-hydrogen) atoms. The molecule has 0 atom stereocenters. The molecule has 0 saturated carbocycles. The Kier molecular flexibility index (Phi) is 4.29. The van der Waals surface area contributed by atoms with Gasteiger partial charge in [-0.05, 0) is 24.1 Å². The van der Waals surface area contributed by atoms with Crippen LogP contribution in [0.4, 0.5) is 10.2 Å². The van der Waals surface area contributed by atoms with Gasteiger partial charge >= 0.3 is 0 Å². The minimum Gasteiger partial charge on any atom is -0.378 e. The molecule has 1 N–H and O–H groups in total. The van der Waals surface area contributed by atoms with Gasteiger partial charge in [-0.3, -0.25) is 0 Å². The van der Waals surface area contributed by atoms with Crippen molar-refractivity contribution >= 4 is 11.5 Å². The van der Waals surface area contributed by atoms with Gasteiger partial charge in [-0.2, -0.15) is 9.61 Å². The zero-order valence-electron chi connectivity index (χ0n) is 12.3. The highest BCUT2D eigenvalue weighted by atomic mass is 19.1. The lowest BCUT2D eigenvalue weighted by molar-refractivity contribution is 0.181. The lowest BCUT2D eigenvalue weighted by atomic mass is 10.1. The first kappa shape index (κ1) is 14.5. The molecule has 0 aliphatic rings. The molecule has 0 aliphatic heterocycles. The van der Waals surface area contributed by atoms with Crippen LogP contribution in [0.1, 0.15) is 11.3 Å². The van der Waals surface area contributed by atoms with Gasteiger partial charge in [0.05, 0.1) is 18.5 Å². The molecular weight excluding hydrogens is 283 g/mol. The van der Waals surface area contributed by atoms with Crippen LogP contribution in [0.25, 0.3) is 5.65 Å². The van der Waals surface area contributed by atoms with Crippen molar-refractivity contribution in [2.75, 3.05) is 19.0 Å². The maximum Gasteiger partial charge on any atom is 0.157 e. The van der Waals surface area contributed by atoms with E-state index in [1.807, 2.05) is 12.1 Å². The summed E-state index contributed by atoms with van der Waals surface area (Å²) in [5.74, 6) is 0.650. The van der Waals surface area contributed by atoms with Crippen LogP contribution in [0.2, 0.25) is 0 Å². The Morgan fingerprint density at radius 2 is 2.05 bits per heavy atom. The Morgan fingerprint density at radius 1 is 1.23 bits per heavy atom. The van der Waals surface area contributed by atoms with Gasteiger partial charge in [0.1, 0.15) is 11.6 Å². The van der Waals surface area contributed by atoms with Gasteiger partial charge in [-0.15, -0.1) is 0 Å². The first-order valence-corrected chi connectivity index (χ1v) is 7.07. The first-order valence-electron chi connectivity index (χ1n) is 7.07. The number of fused-ring (bicyclic) bond motifs is 1. The van der Waals surface area contributed by atoms with E-state index < -0.39 is 0 Å². The molecule has 1 aromatic carbocycles. The molecule has 3 rings (SSSR count). The van der Waals surface area contributed by atoms with Gasteiger partial charge in [0.25, 0.3) is 0 Å². The van der Waals surface area contributed by atoms with E-state index in [9.17, 15) is 4.39 Å². The molecule has 0 radical (unpaired) electrons. The van der Waals surface area contributed by atoms with Crippen molar-refractivity contribution in [1.29, 1.82) is 0 Å². The van der Waals surface area contributed by atoms with Gasteiger partial charge in [0, 0.05) is 25.8 Å². The number of nitrogens with zero attached hydrogens (tertiary/aromatic N) is 3. The number of benzene rings is 1. The Morgan fingerprint density at radius 3 is 2.82 bits per heavy atom. The molecule has 0 bridgehead atoms. The summed E-state index contributed by atoms with van der Waals surface area (Å²) in [5.41, 5.74) is 2.70. The molecule has 0 unspecified atom stereocenters. The number of halogens is 1. The average molecular weight is 300 g/mol. The van der Waals surface area contributed by atoms with Crippen LogP contribution in [0.5, 0.6) is 0 Å². The number of hydrogen-bond acceptors (Lipinski definition) is 4. The highest BCUT2D eigenvalue weighted by Crippen LogP contribution is 2.13. The van der Waals surface area contributed by atoms with E-state index in [-0.39, 0.29) is 5.82 Å². The topological polar surface area (TPSA) is 51.5 Å². The van der Waals surface area contributed by atoms with Crippen LogP contribution in [-0.2, 0) is 17.8 Å². The first-order chi connectivity index (χ1) is 10.8. The predicted molar refractivity (Wildman–Crippen MR) is 82.3 cm³/mol. The van der Waals surface area contributed by atoms with Crippen molar-refractivity contribution in [3.63, 3.8) is 0 Å². The van der Waals surface area contributed by atoms with Gasteiger partial charge in [0.2, 0.25) is 0 Å². The van der Waals surface area contributed by atoms with Gasteiger partial charge in [-0.1, -0.05) is 12.1 Å². The van der Waals surface area contributed by atoms with Gasteiger partial charge in [0.15, 0.2) is 5.65 Å². The quantitative estimate of drug-likeness (QED) is 0.760. The molecule has 6 heteroatoms. The minimum absolute atomic E-state index is 0.215. The van der Waals surface area contributed by atoms with E-state index in [1.165, 1.54) is 12.1 Å². The number of nitrogens with one attached hydrogen (secondary N) is 1. The normalized spacial score (nSPS) is 11.0. The largest absolute Gasteiger partial charge is 0.378 e. The molecule has 114 valence electrons. The third-order valence-corrected chi connectivity index (χ3v) is 3.34. The second-order valence-electron chi connectivity index (χ2n) is 4.97. The third kappa shape index (κ3) is 3.23. The number of methoxy groups -OCH3 is 1. The van der Waals surface area contributed by atoms with Crippen molar-refractivity contribution in [3.05, 3.63) is 59.7 Å². The highest BCUT2D eigenvalue weighted by Gasteiger charge is 2.06. The molecule has 0 aliphatic carbocycles. The second-order valence-corrected chi connectivity index (χ2v) is 4.97. The van der Waals surface area contributed by atoms with Crippen LogP contribution in [0, 0.1) is 5.82 Å². The fraction of sp³-hybridized carbons (Fsp3) is 0.250. The summed E-state index contributed by atoms with van der Waals surface area (Å²) >= 11 is 0. The number of hydrogen-bond donors (Lipinski definition) is 1. The van der Waals surface area contributed by atoms with Gasteiger partial charge in [-0.25, -0.2) is 9.37 Å². The van der Waals surface area contributed by atoms with Crippen LogP contribution in [-0.4, -0.2) is 28.3 Å². The van der Waals surface area contributed by atoms with E-state index >= 15 is 0 Å². The summed E-state index contributed by atoms with van der Waals surface area (Å²) in [4.78, 5) is 4.46. The van der Waals surface area contributed by atoms with Crippen molar-refractivity contribution in [3.8, 4) is 0 Å². The van der Waals surface area contributed by atoms with Crippen molar-refractivity contribution in [1.82, 2.24) is 14.6 Å². The number of aromatic nitrogens is 3. The lowest BCUT2D eigenvalue weighted by Gasteiger charge is -2.10. The standard InChI is InChI=1S/C16H17FN4O/c1-22-11-14-10-16(21-15(20-14)7-9-19-21)18-8-6-12-2-4-13(17)5-3-12/h2-5,7,9-10,18H,6,8,11H2,1H3. The van der Waals surface area contributed by atoms with E-state index in [4.69, 9.17) is 4.74 Å². The molecule has 0 fully saturated rings. The zero-order chi connectivity index (χ0) is 15.4. The Labute approximate surface area is 127 Å². The molecule has 0 amide bonds. The van der Waals surface area contributed by atoms with Crippen LogP contribution >= 0.6 is 0 Å². The van der Waals surface area contributed by atoms with E-state index in [2.05, 4.69) is 15.4 Å². The summed E-state index contributed by atoms with van der Waals surface area (Å²) in [6.07, 6.45) is 2.51. The molecular formula is C16H17FN4O. The molecule has 5 nitrogen and oxygen atoms in total. The second kappa shape index (κ2) is 6.53. The fourth-order valence-corrected chi connectivity index (χ4v) is 2.30. The van der Waals surface area contributed by atoms with Crippen molar-refractivity contribution in [2.45, 2.75) is 13.0 Å². The number of anilines is 1. The number of rotatable bonds is 6. The molecule has 0 saturated heterocycles. The average Bonchev–Trinajstić information content (AvgIpc) is 2.98. The van der Waals surface area contributed by atoms with E-state index in [0.29, 0.717) is 6.61 Å². The summed E-state index contributed by atoms with van der Waals surface area (Å²) in [6, 6.07) is 10.3. The smallest absolute Gasteiger partial charge is 0.157 e. The predicted octanol–water partition coefficient (Wildman–Crippen LogP) is 2.67. The van der Waals surface area contributed by atoms with Crippen molar-refractivity contribution in [2.24, 2.45) is 0 Å². The molecule has 2 aromatic heterocycles. The SMILES string of the molecule is COCc1cc(NCCc2ccc(F)cc2)n2nccc2n1. The summed E-state index contributed by atoms with van der Waals surface area (Å²) in [7, 11) is 1.64. The maximum absolute atomic E-state index is 12.9. The summed E-state index contributed by atoms with van der Waals surface area (Å²) < 4.78 is 19.8. The Balaban J connectivity index is 1.72. The summed E-state index contributed by atoms with van der Waals surface area (Å²) in [5, 5.41) is 7.61. The van der Waals surface area contributed by atoms with Crippen LogP contribution in [0.3, 0.4) is 0 Å². The minimum atomic E-state index is -0.215. The highest BCUT2D eigenvalue weighted by molar-refractivity contribution is 5.49. The lowest BCUT2D eigenvalue weighted by Crippen LogP contribution is -2.10. The monoisotopic (exact) mass is 300 g/mol. The molecule has 2 heterocycles. The maximum atomic E-state index is 12.9.